The lowest BCUT2D eigenvalue weighted by atomic mass is 9.66. The van der Waals surface area contributed by atoms with E-state index in [4.69, 9.17) is 0 Å². The smallest absolute Gasteiger partial charge is 0.237 e. The average molecular weight is 590 g/mol. The molecule has 3 aromatic carbocycles. The molecule has 1 saturated heterocycles. The van der Waals surface area contributed by atoms with E-state index in [2.05, 4.69) is 60.5 Å². The van der Waals surface area contributed by atoms with Crippen LogP contribution in [0.25, 0.3) is 11.8 Å². The predicted octanol–water partition coefficient (Wildman–Crippen LogP) is 7.79. The molecule has 1 aliphatic heterocycles. The predicted molar refractivity (Wildman–Crippen MR) is 161 cm³/mol. The second kappa shape index (κ2) is 10.7. The monoisotopic (exact) mass is 589 g/mol. The Kier molecular flexibility index (Phi) is 7.26. The van der Waals surface area contributed by atoms with E-state index in [1.165, 1.54) is 28.8 Å². The minimum absolute atomic E-state index is 0.0230. The third-order valence-electron chi connectivity index (χ3n) is 8.50. The number of rotatable bonds is 5. The van der Waals surface area contributed by atoms with Gasteiger partial charge in [-0.3, -0.25) is 0 Å². The Morgan fingerprint density at radius 1 is 0.905 bits per heavy atom. The van der Waals surface area contributed by atoms with Crippen LogP contribution in [0.2, 0.25) is 0 Å². The first-order valence-electron chi connectivity index (χ1n) is 14.2. The summed E-state index contributed by atoms with van der Waals surface area (Å²) in [6, 6.07) is 23.6. The van der Waals surface area contributed by atoms with Crippen molar-refractivity contribution in [2.45, 2.75) is 56.5 Å². The van der Waals surface area contributed by atoms with Crippen molar-refractivity contribution in [2.24, 2.45) is 5.41 Å². The molecule has 8 heteroatoms. The van der Waals surface area contributed by atoms with E-state index in [0.29, 0.717) is 25.2 Å². The van der Waals surface area contributed by atoms with Crippen molar-refractivity contribution in [3.8, 4) is 5.69 Å². The Hall–Kier alpha value is -3.49. The molecule has 0 saturated carbocycles. The van der Waals surface area contributed by atoms with E-state index in [1.807, 2.05) is 36.5 Å². The van der Waals surface area contributed by atoms with Crippen molar-refractivity contribution >= 4 is 17.1 Å². The summed E-state index contributed by atoms with van der Waals surface area (Å²) in [7, 11) is -1.30. The highest BCUT2D eigenvalue weighted by Gasteiger charge is 2.44. The van der Waals surface area contributed by atoms with Gasteiger partial charge < -0.3 is 0 Å². The molecule has 0 bridgehead atoms. The van der Waals surface area contributed by atoms with Gasteiger partial charge in [-0.05, 0) is 83.8 Å². The van der Waals surface area contributed by atoms with Gasteiger partial charge >= 0.3 is 6.18 Å². The molecule has 0 amide bonds. The van der Waals surface area contributed by atoms with E-state index in [9.17, 15) is 17.4 Å². The van der Waals surface area contributed by atoms with Gasteiger partial charge in [-0.2, -0.15) is 18.3 Å². The maximum Gasteiger partial charge on any atom is 0.416 e. The van der Waals surface area contributed by atoms with Crippen LogP contribution in [-0.2, 0) is 35.4 Å². The Balaban J connectivity index is 1.33. The fourth-order valence-corrected chi connectivity index (χ4v) is 7.50. The third-order valence-corrected chi connectivity index (χ3v) is 9.95. The number of aromatic nitrogens is 2. The van der Waals surface area contributed by atoms with Crippen LogP contribution in [0, 0.1) is 5.41 Å². The topological polar surface area (TPSA) is 38.1 Å². The first-order chi connectivity index (χ1) is 19.9. The molecule has 0 N–H and O–H groups in total. The molecular formula is C34H34F3N3OS. The van der Waals surface area contributed by atoms with Crippen molar-refractivity contribution < 1.29 is 17.4 Å². The first kappa shape index (κ1) is 28.6. The van der Waals surface area contributed by atoms with Crippen LogP contribution in [0.1, 0.15) is 55.1 Å². The zero-order valence-electron chi connectivity index (χ0n) is 24.0. The Bertz CT molecular complexity index is 1630. The number of fused-ring (bicyclic) bond motifs is 2. The molecule has 42 heavy (non-hydrogen) atoms. The highest BCUT2D eigenvalue weighted by Crippen LogP contribution is 2.47. The number of hydrogen-bond donors (Lipinski definition) is 0. The van der Waals surface area contributed by atoms with Crippen LogP contribution < -0.4 is 0 Å². The summed E-state index contributed by atoms with van der Waals surface area (Å²) in [6.07, 6.45) is 1.86. The molecule has 1 aromatic heterocycles. The fraction of sp³-hybridized carbons (Fsp3) is 0.324. The third kappa shape index (κ3) is 5.50. The van der Waals surface area contributed by atoms with E-state index in [-0.39, 0.29) is 10.8 Å². The molecular weight excluding hydrogens is 555 g/mol. The molecule has 2 heterocycles. The number of benzene rings is 3. The molecule has 4 nitrogen and oxygen atoms in total. The summed E-state index contributed by atoms with van der Waals surface area (Å²) in [6.45, 7) is 7.79. The van der Waals surface area contributed by atoms with Crippen LogP contribution >= 0.6 is 0 Å². The van der Waals surface area contributed by atoms with Gasteiger partial charge in [0.15, 0.2) is 0 Å². The minimum atomic E-state index is -4.39. The molecule has 218 valence electrons. The molecule has 0 radical (unpaired) electrons. The lowest BCUT2D eigenvalue weighted by Crippen LogP contribution is -2.48. The highest BCUT2D eigenvalue weighted by molar-refractivity contribution is 7.82. The molecule has 1 fully saturated rings. The normalized spacial score (nSPS) is 20.0. The Morgan fingerprint density at radius 2 is 1.57 bits per heavy atom. The van der Waals surface area contributed by atoms with Gasteiger partial charge in [0, 0.05) is 18.5 Å². The molecule has 2 unspecified atom stereocenters. The van der Waals surface area contributed by atoms with Crippen molar-refractivity contribution in [3.05, 3.63) is 119 Å². The molecule has 6 rings (SSSR count). The van der Waals surface area contributed by atoms with Crippen molar-refractivity contribution in [2.75, 3.05) is 13.1 Å². The lowest BCUT2D eigenvalue weighted by molar-refractivity contribution is -0.137. The molecule has 1 aliphatic carbocycles. The van der Waals surface area contributed by atoms with Crippen LogP contribution in [0.15, 0.2) is 95.5 Å². The number of halogens is 3. The molecule has 0 spiro atoms. The van der Waals surface area contributed by atoms with Gasteiger partial charge in [-0.15, -0.1) is 0 Å². The van der Waals surface area contributed by atoms with E-state index < -0.39 is 22.7 Å². The van der Waals surface area contributed by atoms with Crippen molar-refractivity contribution in [3.63, 3.8) is 0 Å². The lowest BCUT2D eigenvalue weighted by Gasteiger charge is -2.46. The quantitative estimate of drug-likeness (QED) is 0.238. The summed E-state index contributed by atoms with van der Waals surface area (Å²) in [5, 5.41) is 4.60. The Labute approximate surface area is 247 Å². The minimum Gasteiger partial charge on any atom is -0.237 e. The molecule has 2 atom stereocenters. The Morgan fingerprint density at radius 3 is 2.21 bits per heavy atom. The van der Waals surface area contributed by atoms with Gasteiger partial charge in [-0.25, -0.2) is 13.2 Å². The van der Waals surface area contributed by atoms with E-state index in [0.717, 1.165) is 41.1 Å². The van der Waals surface area contributed by atoms with Crippen molar-refractivity contribution in [1.29, 1.82) is 0 Å². The highest BCUT2D eigenvalue weighted by atomic mass is 32.2. The van der Waals surface area contributed by atoms with Crippen LogP contribution in [0.3, 0.4) is 0 Å². The zero-order chi connectivity index (χ0) is 29.7. The van der Waals surface area contributed by atoms with Gasteiger partial charge in [0.25, 0.3) is 0 Å². The van der Waals surface area contributed by atoms with Crippen LogP contribution in [0.5, 0.6) is 0 Å². The number of hydrogen-bond acceptors (Lipinski definition) is 2. The van der Waals surface area contributed by atoms with Gasteiger partial charge in [0.2, 0.25) is 0 Å². The maximum atomic E-state index is 13.9. The summed E-state index contributed by atoms with van der Waals surface area (Å²) in [5.41, 5.74) is 5.29. The number of nitrogens with zero attached hydrogens (tertiary/aromatic N) is 3. The standard InChI is InChI=1S/C34H34F3N3OS/c1-32(2,3)26-11-15-30(16-12-26)42(41)39-18-17-28-19-31-25(21-33(28,23-39)20-24-7-5-4-6-8-24)22-38-40(31)29-13-9-27(10-14-29)34(35,36)37/h4-16,19,22H,17-18,20-21,23H2,1-3H3. The summed E-state index contributed by atoms with van der Waals surface area (Å²) < 4.78 is 57.1. The van der Waals surface area contributed by atoms with Crippen LogP contribution in [0.4, 0.5) is 13.2 Å². The van der Waals surface area contributed by atoms with Gasteiger partial charge in [0.1, 0.15) is 11.0 Å². The first-order valence-corrected chi connectivity index (χ1v) is 15.3. The summed E-state index contributed by atoms with van der Waals surface area (Å²) in [5.74, 6) is 0. The van der Waals surface area contributed by atoms with E-state index in [1.54, 1.807) is 4.68 Å². The van der Waals surface area contributed by atoms with Gasteiger partial charge in [0.05, 0.1) is 28.0 Å². The van der Waals surface area contributed by atoms with Crippen LogP contribution in [-0.4, -0.2) is 31.4 Å². The molecule has 4 aromatic rings. The summed E-state index contributed by atoms with van der Waals surface area (Å²) >= 11 is 0. The maximum absolute atomic E-state index is 13.9. The number of alkyl halides is 3. The van der Waals surface area contributed by atoms with Crippen molar-refractivity contribution in [1.82, 2.24) is 14.1 Å². The van der Waals surface area contributed by atoms with Gasteiger partial charge in [-0.1, -0.05) is 68.8 Å². The van der Waals surface area contributed by atoms with E-state index >= 15 is 0 Å². The zero-order valence-corrected chi connectivity index (χ0v) is 24.8. The SMILES string of the molecule is CC(C)(C)c1ccc(S(=O)N2CCC3=Cc4c(cnn4-c4ccc(C(F)(F)F)cc4)CC3(Cc3ccccc3)C2)cc1. The average Bonchev–Trinajstić information content (AvgIpc) is 3.37. The second-order valence-electron chi connectivity index (χ2n) is 12.4. The second-order valence-corrected chi connectivity index (χ2v) is 13.9. The number of piperidine rings is 1. The summed E-state index contributed by atoms with van der Waals surface area (Å²) in [4.78, 5) is 0.803. The molecule has 2 aliphatic rings. The fourth-order valence-electron chi connectivity index (χ4n) is 6.21. The largest absolute Gasteiger partial charge is 0.416 e.